The van der Waals surface area contributed by atoms with Gasteiger partial charge >= 0.3 is 0 Å². The minimum atomic E-state index is 0.257. The van der Waals surface area contributed by atoms with E-state index in [1.165, 1.54) is 0 Å². The first kappa shape index (κ1) is 13.8. The highest BCUT2D eigenvalue weighted by molar-refractivity contribution is 5.79. The summed E-state index contributed by atoms with van der Waals surface area (Å²) in [6.07, 6.45) is 2.05. The molecule has 5 nitrogen and oxygen atoms in total. The van der Waals surface area contributed by atoms with E-state index in [0.29, 0.717) is 5.91 Å². The minimum absolute atomic E-state index is 0.257. The normalized spacial score (nSPS) is 33.4. The zero-order valence-corrected chi connectivity index (χ0v) is 11.5. The fourth-order valence-corrected chi connectivity index (χ4v) is 3.12. The van der Waals surface area contributed by atoms with Gasteiger partial charge in [0.2, 0.25) is 5.91 Å². The Bertz CT molecular complexity index is 281. The summed E-state index contributed by atoms with van der Waals surface area (Å²) in [6.45, 7) is 7.62. The van der Waals surface area contributed by atoms with Gasteiger partial charge in [0.05, 0.1) is 26.7 Å². The van der Waals surface area contributed by atoms with Crippen LogP contribution >= 0.6 is 0 Å². The first-order chi connectivity index (χ1) is 8.64. The summed E-state index contributed by atoms with van der Waals surface area (Å²) in [4.78, 5) is 14.4. The summed E-state index contributed by atoms with van der Waals surface area (Å²) in [5.74, 6) is 0.641. The van der Waals surface area contributed by atoms with Crippen molar-refractivity contribution >= 4 is 5.91 Å². The number of hydrogen-bond acceptors (Lipinski definition) is 3. The second-order valence-electron chi connectivity index (χ2n) is 5.93. The number of rotatable bonds is 3. The Morgan fingerprint density at radius 3 is 2.50 bits per heavy atom. The molecule has 0 radical (unpaired) electrons. The van der Waals surface area contributed by atoms with Gasteiger partial charge in [-0.25, -0.2) is 0 Å². The first-order valence-electron chi connectivity index (χ1n) is 7.18. The zero-order valence-electron chi connectivity index (χ0n) is 11.5. The van der Waals surface area contributed by atoms with Gasteiger partial charge in [-0.2, -0.15) is 0 Å². The van der Waals surface area contributed by atoms with Crippen molar-refractivity contribution in [2.75, 3.05) is 59.4 Å². The van der Waals surface area contributed by atoms with E-state index in [0.717, 1.165) is 69.7 Å². The van der Waals surface area contributed by atoms with Crippen molar-refractivity contribution in [3.05, 3.63) is 0 Å². The molecular formula is C13H27N4O+. The lowest BCUT2D eigenvalue weighted by atomic mass is 9.93. The zero-order chi connectivity index (χ0) is 13.0. The molecule has 0 aromatic rings. The van der Waals surface area contributed by atoms with Crippen molar-refractivity contribution in [3.63, 3.8) is 0 Å². The van der Waals surface area contributed by atoms with Gasteiger partial charge in [0.25, 0.3) is 0 Å². The molecule has 2 rings (SSSR count). The predicted molar refractivity (Wildman–Crippen MR) is 72.0 cm³/mol. The summed E-state index contributed by atoms with van der Waals surface area (Å²) in [5, 5.41) is 3.29. The van der Waals surface area contributed by atoms with Crippen molar-refractivity contribution in [2.45, 2.75) is 12.8 Å². The van der Waals surface area contributed by atoms with Crippen molar-refractivity contribution in [1.29, 1.82) is 0 Å². The summed E-state index contributed by atoms with van der Waals surface area (Å²) < 4.78 is 1.04. The van der Waals surface area contributed by atoms with Crippen LogP contribution in [-0.2, 0) is 4.79 Å². The van der Waals surface area contributed by atoms with Gasteiger partial charge in [0.15, 0.2) is 0 Å². The average molecular weight is 255 g/mol. The molecule has 5 heteroatoms. The van der Waals surface area contributed by atoms with Gasteiger partial charge < -0.3 is 20.4 Å². The molecule has 104 valence electrons. The fourth-order valence-electron chi connectivity index (χ4n) is 3.12. The topological polar surface area (TPSA) is 58.4 Å². The monoisotopic (exact) mass is 255 g/mol. The molecule has 0 unspecified atom stereocenters. The van der Waals surface area contributed by atoms with Crippen LogP contribution in [0.4, 0.5) is 0 Å². The number of hydrogen-bond donors (Lipinski definition) is 2. The SMILES string of the molecule is C[N+]1(CCN)CCC(C(=O)N2CCNCC2)CC1. The van der Waals surface area contributed by atoms with E-state index in [4.69, 9.17) is 5.73 Å². The molecule has 2 fully saturated rings. The molecule has 0 aromatic carbocycles. The van der Waals surface area contributed by atoms with Crippen LogP contribution in [0.15, 0.2) is 0 Å². The number of likely N-dealkylation sites (tertiary alicyclic amines) is 1. The van der Waals surface area contributed by atoms with E-state index in [2.05, 4.69) is 12.4 Å². The molecule has 0 atom stereocenters. The molecular weight excluding hydrogens is 228 g/mol. The molecule has 3 N–H and O–H groups in total. The first-order valence-corrected chi connectivity index (χ1v) is 7.18. The molecule has 2 aliphatic heterocycles. The van der Waals surface area contributed by atoms with Crippen LogP contribution in [0.2, 0.25) is 0 Å². The highest BCUT2D eigenvalue weighted by Crippen LogP contribution is 2.23. The molecule has 18 heavy (non-hydrogen) atoms. The summed E-state index contributed by atoms with van der Waals surface area (Å²) in [7, 11) is 2.26. The number of nitrogens with one attached hydrogen (secondary N) is 1. The van der Waals surface area contributed by atoms with E-state index in [-0.39, 0.29) is 5.92 Å². The lowest BCUT2D eigenvalue weighted by Gasteiger charge is -2.41. The number of carbonyl (C=O) groups excluding carboxylic acids is 1. The third kappa shape index (κ3) is 3.22. The van der Waals surface area contributed by atoms with Crippen LogP contribution in [0, 0.1) is 5.92 Å². The van der Waals surface area contributed by atoms with Crippen molar-refractivity contribution < 1.29 is 9.28 Å². The largest absolute Gasteiger partial charge is 0.340 e. The molecule has 0 bridgehead atoms. The van der Waals surface area contributed by atoms with Crippen LogP contribution in [0.25, 0.3) is 0 Å². The number of piperazine rings is 1. The number of quaternary nitrogens is 1. The summed E-state index contributed by atoms with van der Waals surface area (Å²) >= 11 is 0. The Hall–Kier alpha value is -0.650. The second kappa shape index (κ2) is 5.99. The van der Waals surface area contributed by atoms with Crippen LogP contribution < -0.4 is 11.1 Å². The van der Waals surface area contributed by atoms with Gasteiger partial charge in [-0.1, -0.05) is 0 Å². The smallest absolute Gasteiger partial charge is 0.226 e. The number of nitrogens with zero attached hydrogens (tertiary/aromatic N) is 2. The lowest BCUT2D eigenvalue weighted by Crippen LogP contribution is -2.55. The quantitative estimate of drug-likeness (QED) is 0.651. The van der Waals surface area contributed by atoms with E-state index < -0.39 is 0 Å². The maximum absolute atomic E-state index is 12.4. The predicted octanol–water partition coefficient (Wildman–Crippen LogP) is -0.766. The standard InChI is InChI=1S/C13H27N4O/c1-17(11-4-14)9-2-12(3-10-17)13(18)16-7-5-15-6-8-16/h12,15H,2-11,14H2,1H3/q+1. The molecule has 2 aliphatic rings. The molecule has 2 heterocycles. The van der Waals surface area contributed by atoms with Crippen LogP contribution in [0.5, 0.6) is 0 Å². The van der Waals surface area contributed by atoms with Crippen molar-refractivity contribution in [3.8, 4) is 0 Å². The highest BCUT2D eigenvalue weighted by Gasteiger charge is 2.34. The third-order valence-corrected chi connectivity index (χ3v) is 4.48. The van der Waals surface area contributed by atoms with Crippen molar-refractivity contribution in [2.24, 2.45) is 11.7 Å². The summed E-state index contributed by atoms with van der Waals surface area (Å²) in [6, 6.07) is 0. The third-order valence-electron chi connectivity index (χ3n) is 4.48. The molecule has 2 saturated heterocycles. The second-order valence-corrected chi connectivity index (χ2v) is 5.93. The number of amides is 1. The molecule has 0 spiro atoms. The lowest BCUT2D eigenvalue weighted by molar-refractivity contribution is -0.913. The average Bonchev–Trinajstić information content (AvgIpc) is 2.40. The fraction of sp³-hybridized carbons (Fsp3) is 0.923. The number of likely N-dealkylation sites (N-methyl/N-ethyl adjacent to an activating group) is 1. The maximum Gasteiger partial charge on any atom is 0.226 e. The Labute approximate surface area is 110 Å². The molecule has 0 saturated carbocycles. The Kier molecular flexibility index (Phi) is 4.59. The Morgan fingerprint density at radius 1 is 1.33 bits per heavy atom. The van der Waals surface area contributed by atoms with Gasteiger partial charge in [-0.15, -0.1) is 0 Å². The van der Waals surface area contributed by atoms with Crippen LogP contribution in [-0.4, -0.2) is 74.7 Å². The van der Waals surface area contributed by atoms with E-state index >= 15 is 0 Å². The highest BCUT2D eigenvalue weighted by atomic mass is 16.2. The number of piperidine rings is 1. The molecule has 0 aliphatic carbocycles. The van der Waals surface area contributed by atoms with Crippen LogP contribution in [0.1, 0.15) is 12.8 Å². The van der Waals surface area contributed by atoms with Gasteiger partial charge in [0.1, 0.15) is 0 Å². The summed E-state index contributed by atoms with van der Waals surface area (Å²) in [5.41, 5.74) is 5.66. The van der Waals surface area contributed by atoms with Gasteiger partial charge in [0, 0.05) is 51.5 Å². The van der Waals surface area contributed by atoms with Gasteiger partial charge in [-0.3, -0.25) is 4.79 Å². The number of carbonyl (C=O) groups is 1. The van der Waals surface area contributed by atoms with Crippen LogP contribution in [0.3, 0.4) is 0 Å². The van der Waals surface area contributed by atoms with Crippen molar-refractivity contribution in [1.82, 2.24) is 10.2 Å². The van der Waals surface area contributed by atoms with Gasteiger partial charge in [-0.05, 0) is 0 Å². The molecule has 1 amide bonds. The maximum atomic E-state index is 12.4. The van der Waals surface area contributed by atoms with E-state index in [1.54, 1.807) is 0 Å². The van der Waals surface area contributed by atoms with E-state index in [1.807, 2.05) is 4.90 Å². The Morgan fingerprint density at radius 2 is 1.94 bits per heavy atom. The van der Waals surface area contributed by atoms with E-state index in [9.17, 15) is 4.79 Å². The Balaban J connectivity index is 1.83. The minimum Gasteiger partial charge on any atom is -0.340 e. The molecule has 0 aromatic heterocycles. The number of nitrogens with two attached hydrogens (primary N) is 1.